The van der Waals surface area contributed by atoms with Gasteiger partial charge in [0.25, 0.3) is 0 Å². The van der Waals surface area contributed by atoms with E-state index in [0.717, 1.165) is 4.90 Å². The monoisotopic (exact) mass is 384 g/mol. The van der Waals surface area contributed by atoms with Crippen molar-refractivity contribution in [2.45, 2.75) is 28.4 Å². The Hall–Kier alpha value is -1.58. The second-order valence-electron chi connectivity index (χ2n) is 6.05. The summed E-state index contributed by atoms with van der Waals surface area (Å²) in [6.07, 6.45) is -0.0689. The summed E-state index contributed by atoms with van der Waals surface area (Å²) in [6.45, 7) is 3.49. The van der Waals surface area contributed by atoms with E-state index in [1.54, 1.807) is 17.9 Å². The van der Waals surface area contributed by atoms with Crippen LogP contribution >= 0.6 is 11.8 Å². The van der Waals surface area contributed by atoms with Gasteiger partial charge in [-0.1, -0.05) is 0 Å². The first-order valence-electron chi connectivity index (χ1n) is 8.04. The molecule has 0 radical (unpaired) electrons. The Balaban J connectivity index is 1.75. The molecule has 1 saturated heterocycles. The van der Waals surface area contributed by atoms with Gasteiger partial charge in [-0.15, -0.1) is 11.8 Å². The fourth-order valence-corrected chi connectivity index (χ4v) is 4.92. The minimum Gasteiger partial charge on any atom is -0.378 e. The zero-order valence-electron chi connectivity index (χ0n) is 13.9. The molecule has 0 saturated carbocycles. The summed E-state index contributed by atoms with van der Waals surface area (Å²) >= 11 is 1.37. The molecule has 1 atom stereocenters. The predicted molar refractivity (Wildman–Crippen MR) is 94.5 cm³/mol. The van der Waals surface area contributed by atoms with E-state index < -0.39 is 15.1 Å². The van der Waals surface area contributed by atoms with Crippen LogP contribution in [0, 0.1) is 0 Å². The van der Waals surface area contributed by atoms with Crippen LogP contribution in [-0.4, -0.2) is 62.4 Å². The molecule has 7 nitrogen and oxygen atoms in total. The number of hydrogen-bond donors (Lipinski definition) is 1. The number of carbonyl (C=O) groups is 2. The number of nitrogens with one attached hydrogen (secondary N) is 1. The summed E-state index contributed by atoms with van der Waals surface area (Å²) < 4.78 is 30.8. The average molecular weight is 384 g/mol. The van der Waals surface area contributed by atoms with Gasteiger partial charge < -0.3 is 15.0 Å². The van der Waals surface area contributed by atoms with Crippen LogP contribution in [0.25, 0.3) is 0 Å². The molecular formula is C16H20N2O5S2. The van der Waals surface area contributed by atoms with Crippen LogP contribution in [0.1, 0.15) is 13.3 Å². The third kappa shape index (κ3) is 3.99. The lowest BCUT2D eigenvalue weighted by Crippen LogP contribution is -2.42. The molecule has 136 valence electrons. The van der Waals surface area contributed by atoms with Crippen LogP contribution in [0.4, 0.5) is 5.69 Å². The van der Waals surface area contributed by atoms with E-state index in [1.807, 2.05) is 0 Å². The van der Waals surface area contributed by atoms with Crippen molar-refractivity contribution in [1.29, 1.82) is 0 Å². The second-order valence-corrected chi connectivity index (χ2v) is 9.43. The lowest BCUT2D eigenvalue weighted by molar-refractivity contribution is -0.135. The molecule has 0 bridgehead atoms. The van der Waals surface area contributed by atoms with Crippen molar-refractivity contribution in [2.24, 2.45) is 0 Å². The van der Waals surface area contributed by atoms with E-state index >= 15 is 0 Å². The molecule has 1 aromatic carbocycles. The number of anilines is 1. The number of benzene rings is 1. The van der Waals surface area contributed by atoms with E-state index in [9.17, 15) is 18.0 Å². The van der Waals surface area contributed by atoms with Crippen molar-refractivity contribution in [3.63, 3.8) is 0 Å². The molecule has 2 aliphatic rings. The minimum atomic E-state index is -3.66. The molecule has 2 heterocycles. The topological polar surface area (TPSA) is 92.8 Å². The molecular weight excluding hydrogens is 364 g/mol. The predicted octanol–water partition coefficient (Wildman–Crippen LogP) is 1.14. The van der Waals surface area contributed by atoms with Gasteiger partial charge in [-0.2, -0.15) is 0 Å². The van der Waals surface area contributed by atoms with Crippen molar-refractivity contribution in [3.8, 4) is 0 Å². The van der Waals surface area contributed by atoms with Gasteiger partial charge in [0, 0.05) is 24.4 Å². The molecule has 2 amide bonds. The third-order valence-electron chi connectivity index (χ3n) is 4.27. The summed E-state index contributed by atoms with van der Waals surface area (Å²) in [5.41, 5.74) is 0.508. The number of nitrogens with zero attached hydrogens (tertiary/aromatic N) is 1. The van der Waals surface area contributed by atoms with Crippen molar-refractivity contribution < 1.29 is 22.7 Å². The van der Waals surface area contributed by atoms with Crippen LogP contribution in [0.3, 0.4) is 0 Å². The molecule has 9 heteroatoms. The number of sulfone groups is 1. The first-order valence-corrected chi connectivity index (χ1v) is 10.6. The summed E-state index contributed by atoms with van der Waals surface area (Å²) in [5, 5.41) is 1.85. The molecule has 0 spiro atoms. The Morgan fingerprint density at radius 2 is 2.08 bits per heavy atom. The SMILES string of the molecule is C[C@H](CC(=O)N1CCOCC1)S(=O)(=O)c1ccc2c(c1)NC(=O)CS2. The maximum absolute atomic E-state index is 12.8. The quantitative estimate of drug-likeness (QED) is 0.837. The number of thioether (sulfide) groups is 1. The average Bonchev–Trinajstić information content (AvgIpc) is 2.61. The van der Waals surface area contributed by atoms with Crippen molar-refractivity contribution in [1.82, 2.24) is 4.90 Å². The van der Waals surface area contributed by atoms with Crippen molar-refractivity contribution >= 4 is 39.1 Å². The zero-order valence-corrected chi connectivity index (χ0v) is 15.5. The highest BCUT2D eigenvalue weighted by molar-refractivity contribution is 8.00. The van der Waals surface area contributed by atoms with Crippen LogP contribution in [-0.2, 0) is 24.2 Å². The lowest BCUT2D eigenvalue weighted by atomic mass is 10.3. The van der Waals surface area contributed by atoms with Gasteiger partial charge in [0.1, 0.15) is 0 Å². The van der Waals surface area contributed by atoms with E-state index in [4.69, 9.17) is 4.74 Å². The highest BCUT2D eigenvalue weighted by Crippen LogP contribution is 2.34. The minimum absolute atomic E-state index is 0.0689. The second kappa shape index (κ2) is 7.35. The molecule has 1 N–H and O–H groups in total. The number of morpholine rings is 1. The standard InChI is InChI=1S/C16H20N2O5S2/c1-11(8-16(20)18-4-6-23-7-5-18)25(21,22)12-2-3-14-13(9-12)17-15(19)10-24-14/h2-3,9,11H,4-8,10H2,1H3,(H,17,19)/t11-/m1/s1. The molecule has 0 aliphatic carbocycles. The number of fused-ring (bicyclic) bond motifs is 1. The van der Waals surface area contributed by atoms with Gasteiger partial charge in [0.05, 0.1) is 34.8 Å². The summed E-state index contributed by atoms with van der Waals surface area (Å²) in [4.78, 5) is 26.4. The molecule has 3 rings (SSSR count). The molecule has 25 heavy (non-hydrogen) atoms. The largest absolute Gasteiger partial charge is 0.378 e. The Bertz CT molecular complexity index is 788. The molecule has 1 aromatic rings. The lowest BCUT2D eigenvalue weighted by Gasteiger charge is -2.28. The van der Waals surface area contributed by atoms with Gasteiger partial charge >= 0.3 is 0 Å². The van der Waals surface area contributed by atoms with Gasteiger partial charge in [-0.05, 0) is 25.1 Å². The molecule has 0 unspecified atom stereocenters. The first kappa shape index (κ1) is 18.2. The number of ether oxygens (including phenoxy) is 1. The summed E-state index contributed by atoms with van der Waals surface area (Å²) in [5.74, 6) is -0.00686. The maximum Gasteiger partial charge on any atom is 0.234 e. The van der Waals surface area contributed by atoms with Gasteiger partial charge in [-0.25, -0.2) is 8.42 Å². The van der Waals surface area contributed by atoms with E-state index in [0.29, 0.717) is 37.7 Å². The first-order chi connectivity index (χ1) is 11.9. The highest BCUT2D eigenvalue weighted by Gasteiger charge is 2.29. The smallest absolute Gasteiger partial charge is 0.234 e. The van der Waals surface area contributed by atoms with Gasteiger partial charge in [0.15, 0.2) is 9.84 Å². The number of amides is 2. The molecule has 1 fully saturated rings. The Morgan fingerprint density at radius 3 is 2.80 bits per heavy atom. The Morgan fingerprint density at radius 1 is 1.36 bits per heavy atom. The highest BCUT2D eigenvalue weighted by atomic mass is 32.2. The van der Waals surface area contributed by atoms with E-state index in [2.05, 4.69) is 5.32 Å². The molecule has 2 aliphatic heterocycles. The van der Waals surface area contributed by atoms with Gasteiger partial charge in [-0.3, -0.25) is 9.59 Å². The van der Waals surface area contributed by atoms with Crippen LogP contribution in [0.15, 0.2) is 28.0 Å². The van der Waals surface area contributed by atoms with Crippen LogP contribution in [0.2, 0.25) is 0 Å². The maximum atomic E-state index is 12.8. The normalized spacial score (nSPS) is 19.1. The molecule has 0 aromatic heterocycles. The fraction of sp³-hybridized carbons (Fsp3) is 0.500. The summed E-state index contributed by atoms with van der Waals surface area (Å²) in [7, 11) is -3.66. The van der Waals surface area contributed by atoms with E-state index in [-0.39, 0.29) is 23.1 Å². The van der Waals surface area contributed by atoms with Crippen LogP contribution in [0.5, 0.6) is 0 Å². The van der Waals surface area contributed by atoms with E-state index in [1.165, 1.54) is 23.9 Å². The Labute approximate surface area is 151 Å². The third-order valence-corrected chi connectivity index (χ3v) is 7.48. The number of carbonyl (C=O) groups excluding carboxylic acids is 2. The zero-order chi connectivity index (χ0) is 18.0. The van der Waals surface area contributed by atoms with Crippen molar-refractivity contribution in [3.05, 3.63) is 18.2 Å². The fourth-order valence-electron chi connectivity index (χ4n) is 2.77. The van der Waals surface area contributed by atoms with Crippen molar-refractivity contribution in [2.75, 3.05) is 37.4 Å². The number of rotatable bonds is 4. The van der Waals surface area contributed by atoms with Gasteiger partial charge in [0.2, 0.25) is 11.8 Å². The number of hydrogen-bond acceptors (Lipinski definition) is 6. The Kier molecular flexibility index (Phi) is 5.35. The summed E-state index contributed by atoms with van der Waals surface area (Å²) in [6, 6.07) is 4.71. The van der Waals surface area contributed by atoms with Crippen LogP contribution < -0.4 is 5.32 Å².